The predicted molar refractivity (Wildman–Crippen MR) is 74.3 cm³/mol. The van der Waals surface area contributed by atoms with Crippen molar-refractivity contribution in [3.05, 3.63) is 48.7 Å². The van der Waals surface area contributed by atoms with Crippen LogP contribution in [-0.2, 0) is 14.3 Å². The van der Waals surface area contributed by atoms with Crippen molar-refractivity contribution in [2.24, 2.45) is 0 Å². The van der Waals surface area contributed by atoms with Gasteiger partial charge in [0.15, 0.2) is 0 Å². The van der Waals surface area contributed by atoms with E-state index in [4.69, 9.17) is 9.15 Å². The molecule has 7 heteroatoms. The second-order valence-corrected chi connectivity index (χ2v) is 4.15. The molecule has 0 unspecified atom stereocenters. The van der Waals surface area contributed by atoms with Crippen LogP contribution in [0.5, 0.6) is 0 Å². The van der Waals surface area contributed by atoms with Gasteiger partial charge in [-0.05, 0) is 24.3 Å². The first-order chi connectivity index (χ1) is 10.2. The smallest absolute Gasteiger partial charge is 0.313 e. The summed E-state index contributed by atoms with van der Waals surface area (Å²) in [7, 11) is 1.50. The number of carbonyl (C=O) groups is 2. The molecule has 2 rings (SSSR count). The van der Waals surface area contributed by atoms with Crippen LogP contribution >= 0.6 is 0 Å². The number of amides is 2. The number of aromatic nitrogens is 1. The Balaban J connectivity index is 1.85. The van der Waals surface area contributed by atoms with Crippen molar-refractivity contribution in [2.75, 3.05) is 19.0 Å². The first-order valence-corrected chi connectivity index (χ1v) is 6.26. The van der Waals surface area contributed by atoms with Crippen molar-refractivity contribution in [2.45, 2.75) is 6.10 Å². The molecule has 2 amide bonds. The van der Waals surface area contributed by atoms with E-state index in [1.54, 1.807) is 30.5 Å². The van der Waals surface area contributed by atoms with Crippen LogP contribution in [0.2, 0.25) is 0 Å². The average Bonchev–Trinajstić information content (AvgIpc) is 3.03. The highest BCUT2D eigenvalue weighted by molar-refractivity contribution is 6.39. The predicted octanol–water partition coefficient (Wildman–Crippen LogP) is 1.12. The number of nitrogens with one attached hydrogen (secondary N) is 2. The molecule has 2 heterocycles. The fourth-order valence-electron chi connectivity index (χ4n) is 1.66. The number of nitrogens with zero attached hydrogens (tertiary/aromatic N) is 1. The summed E-state index contributed by atoms with van der Waals surface area (Å²) in [6.07, 6.45) is 4.09. The second-order valence-electron chi connectivity index (χ2n) is 4.15. The number of methoxy groups -OCH3 is 1. The minimum atomic E-state index is -0.766. The quantitative estimate of drug-likeness (QED) is 0.804. The van der Waals surface area contributed by atoms with Gasteiger partial charge in [-0.1, -0.05) is 0 Å². The van der Waals surface area contributed by atoms with E-state index in [1.807, 2.05) is 0 Å². The van der Waals surface area contributed by atoms with Crippen LogP contribution in [0.25, 0.3) is 0 Å². The molecule has 0 aliphatic carbocycles. The monoisotopic (exact) mass is 289 g/mol. The van der Waals surface area contributed by atoms with Crippen molar-refractivity contribution in [3.63, 3.8) is 0 Å². The number of hydrogen-bond donors (Lipinski definition) is 2. The van der Waals surface area contributed by atoms with Gasteiger partial charge < -0.3 is 19.8 Å². The maximum absolute atomic E-state index is 11.7. The summed E-state index contributed by atoms with van der Waals surface area (Å²) in [6.45, 7) is 0.128. The third kappa shape index (κ3) is 4.15. The minimum Gasteiger partial charge on any atom is -0.467 e. The minimum absolute atomic E-state index is 0.128. The fourth-order valence-corrected chi connectivity index (χ4v) is 1.66. The summed E-state index contributed by atoms with van der Waals surface area (Å²) in [5.41, 5.74) is 0.451. The average molecular weight is 289 g/mol. The molecular formula is C14H15N3O4. The first-order valence-electron chi connectivity index (χ1n) is 6.26. The Morgan fingerprint density at radius 3 is 2.81 bits per heavy atom. The third-order valence-electron chi connectivity index (χ3n) is 2.72. The zero-order valence-electron chi connectivity index (χ0n) is 11.4. The van der Waals surface area contributed by atoms with E-state index in [0.29, 0.717) is 11.4 Å². The largest absolute Gasteiger partial charge is 0.467 e. The molecule has 2 aromatic rings. The second kappa shape index (κ2) is 7.20. The van der Waals surface area contributed by atoms with Crippen LogP contribution in [0.15, 0.2) is 47.3 Å². The van der Waals surface area contributed by atoms with Gasteiger partial charge >= 0.3 is 11.8 Å². The molecule has 2 aromatic heterocycles. The number of hydrogen-bond acceptors (Lipinski definition) is 5. The topological polar surface area (TPSA) is 93.5 Å². The van der Waals surface area contributed by atoms with Crippen molar-refractivity contribution in [1.82, 2.24) is 10.3 Å². The van der Waals surface area contributed by atoms with E-state index in [0.717, 1.165) is 0 Å². The molecule has 110 valence electrons. The van der Waals surface area contributed by atoms with Crippen molar-refractivity contribution < 1.29 is 18.7 Å². The molecule has 0 fully saturated rings. The molecule has 0 saturated carbocycles. The molecule has 0 saturated heterocycles. The Morgan fingerprint density at radius 2 is 2.19 bits per heavy atom. The summed E-state index contributed by atoms with van der Waals surface area (Å²) in [6, 6.07) is 6.75. The molecule has 1 atom stereocenters. The van der Waals surface area contributed by atoms with Gasteiger partial charge in [0.05, 0.1) is 24.7 Å². The summed E-state index contributed by atoms with van der Waals surface area (Å²) < 4.78 is 10.4. The Hall–Kier alpha value is -2.67. The number of anilines is 1. The van der Waals surface area contributed by atoms with Crippen LogP contribution in [0.4, 0.5) is 5.69 Å². The lowest BCUT2D eigenvalue weighted by Gasteiger charge is -2.13. The van der Waals surface area contributed by atoms with Crippen molar-refractivity contribution in [1.29, 1.82) is 0 Å². The van der Waals surface area contributed by atoms with E-state index >= 15 is 0 Å². The number of pyridine rings is 1. The Bertz CT molecular complexity index is 584. The van der Waals surface area contributed by atoms with E-state index in [9.17, 15) is 9.59 Å². The van der Waals surface area contributed by atoms with Crippen LogP contribution in [0.3, 0.4) is 0 Å². The highest BCUT2D eigenvalue weighted by Crippen LogP contribution is 2.15. The summed E-state index contributed by atoms with van der Waals surface area (Å²) >= 11 is 0. The number of ether oxygens (including phenoxy) is 1. The molecule has 7 nitrogen and oxygen atoms in total. The number of furan rings is 1. The zero-order chi connectivity index (χ0) is 15.1. The lowest BCUT2D eigenvalue weighted by atomic mass is 10.2. The molecule has 0 bridgehead atoms. The SMILES string of the molecule is CO[C@H](CNC(=O)C(=O)Nc1cccnc1)c1ccco1. The van der Waals surface area contributed by atoms with Gasteiger partial charge in [-0.2, -0.15) is 0 Å². The van der Waals surface area contributed by atoms with Crippen molar-refractivity contribution >= 4 is 17.5 Å². The Kier molecular flexibility index (Phi) is 5.05. The van der Waals surface area contributed by atoms with E-state index < -0.39 is 17.9 Å². The van der Waals surface area contributed by atoms with Gasteiger partial charge in [0.2, 0.25) is 0 Å². The zero-order valence-corrected chi connectivity index (χ0v) is 11.4. The van der Waals surface area contributed by atoms with Gasteiger partial charge in [0.1, 0.15) is 11.9 Å². The summed E-state index contributed by atoms with van der Waals surface area (Å²) in [4.78, 5) is 27.2. The van der Waals surface area contributed by atoms with Crippen LogP contribution in [0.1, 0.15) is 11.9 Å². The highest BCUT2D eigenvalue weighted by atomic mass is 16.5. The molecule has 0 spiro atoms. The number of rotatable bonds is 5. The molecule has 21 heavy (non-hydrogen) atoms. The van der Waals surface area contributed by atoms with Crippen molar-refractivity contribution in [3.8, 4) is 0 Å². The van der Waals surface area contributed by atoms with Gasteiger partial charge in [0, 0.05) is 13.3 Å². The van der Waals surface area contributed by atoms with Gasteiger partial charge in [0.25, 0.3) is 0 Å². The normalized spacial score (nSPS) is 11.7. The van der Waals surface area contributed by atoms with Crippen LogP contribution < -0.4 is 10.6 Å². The van der Waals surface area contributed by atoms with Gasteiger partial charge in [-0.15, -0.1) is 0 Å². The maximum atomic E-state index is 11.7. The van der Waals surface area contributed by atoms with Crippen LogP contribution in [0, 0.1) is 0 Å². The Morgan fingerprint density at radius 1 is 1.33 bits per heavy atom. The summed E-state index contributed by atoms with van der Waals surface area (Å²) in [5, 5.41) is 4.93. The summed E-state index contributed by atoms with van der Waals surface area (Å²) in [5.74, 6) is -0.949. The molecule has 0 aliphatic rings. The molecule has 2 N–H and O–H groups in total. The molecule has 0 aromatic carbocycles. The molecular weight excluding hydrogens is 274 g/mol. The van der Waals surface area contributed by atoms with E-state index in [2.05, 4.69) is 15.6 Å². The lowest BCUT2D eigenvalue weighted by Crippen LogP contribution is -2.37. The standard InChI is InChI=1S/C14H15N3O4/c1-20-12(11-5-3-7-21-11)9-16-13(18)14(19)17-10-4-2-6-15-8-10/h2-8,12H,9H2,1H3,(H,16,18)(H,17,19)/t12-/m1/s1. The Labute approximate surface area is 121 Å². The fraction of sp³-hybridized carbons (Fsp3) is 0.214. The van der Waals surface area contributed by atoms with Crippen LogP contribution in [-0.4, -0.2) is 30.5 Å². The first kappa shape index (κ1) is 14.7. The highest BCUT2D eigenvalue weighted by Gasteiger charge is 2.18. The maximum Gasteiger partial charge on any atom is 0.313 e. The van der Waals surface area contributed by atoms with E-state index in [-0.39, 0.29) is 6.54 Å². The van der Waals surface area contributed by atoms with Gasteiger partial charge in [-0.25, -0.2) is 0 Å². The third-order valence-corrected chi connectivity index (χ3v) is 2.72. The molecule has 0 aliphatic heterocycles. The lowest BCUT2D eigenvalue weighted by molar-refractivity contribution is -0.136. The number of carbonyl (C=O) groups excluding carboxylic acids is 2. The van der Waals surface area contributed by atoms with E-state index in [1.165, 1.54) is 19.6 Å². The molecule has 0 radical (unpaired) electrons. The van der Waals surface area contributed by atoms with Gasteiger partial charge in [-0.3, -0.25) is 14.6 Å².